The summed E-state index contributed by atoms with van der Waals surface area (Å²) >= 11 is 0. The molecule has 0 N–H and O–H groups in total. The molecule has 4 aromatic rings. The summed E-state index contributed by atoms with van der Waals surface area (Å²) < 4.78 is 45.0. The molecule has 0 aromatic heterocycles. The molecule has 0 atom stereocenters. The van der Waals surface area contributed by atoms with Gasteiger partial charge in [0.2, 0.25) is 0 Å². The van der Waals surface area contributed by atoms with Gasteiger partial charge in [0.05, 0.1) is 35.1 Å². The lowest BCUT2D eigenvalue weighted by molar-refractivity contribution is -0.0806. The normalized spacial score (nSPS) is 20.9. The van der Waals surface area contributed by atoms with Crippen molar-refractivity contribution in [1.82, 2.24) is 0 Å². The van der Waals surface area contributed by atoms with Crippen molar-refractivity contribution in [3.63, 3.8) is 0 Å². The molecule has 9 heteroatoms. The molecule has 4 aromatic carbocycles. The van der Waals surface area contributed by atoms with E-state index in [0.717, 1.165) is 38.9 Å². The molecule has 7 nitrogen and oxygen atoms in total. The highest BCUT2D eigenvalue weighted by Crippen LogP contribution is 2.53. The molecule has 0 spiro atoms. The minimum atomic E-state index is -1.31. The summed E-state index contributed by atoms with van der Waals surface area (Å²) in [5.74, 6) is 0.698. The smallest absolute Gasteiger partial charge is 0.494 e. The molecule has 242 valence electrons. The molecule has 2 heterocycles. The maximum Gasteiger partial charge on any atom is 0.494 e. The van der Waals surface area contributed by atoms with Crippen LogP contribution in [0, 0.1) is 0 Å². The third-order valence-corrected chi connectivity index (χ3v) is 10.5. The van der Waals surface area contributed by atoms with Crippen LogP contribution >= 0.6 is 0 Å². The van der Waals surface area contributed by atoms with E-state index in [1.54, 1.807) is 7.11 Å². The quantitative estimate of drug-likeness (QED) is 0.167. The third-order valence-electron chi connectivity index (χ3n) is 10.5. The lowest BCUT2D eigenvalue weighted by Crippen LogP contribution is -2.41. The average molecular weight is 632 g/mol. The van der Waals surface area contributed by atoms with Crippen LogP contribution in [0.1, 0.15) is 66.5 Å². The molecule has 0 bridgehead atoms. The van der Waals surface area contributed by atoms with Gasteiger partial charge < -0.3 is 32.8 Å². The Bertz CT molecular complexity index is 1680. The summed E-state index contributed by atoms with van der Waals surface area (Å²) in [5.41, 5.74) is 3.76. The Morgan fingerprint density at radius 3 is 1.36 bits per heavy atom. The van der Waals surface area contributed by atoms with Gasteiger partial charge in [0, 0.05) is 11.1 Å². The number of ether oxygens (including phenoxy) is 3. The molecule has 1 aliphatic carbocycles. The van der Waals surface area contributed by atoms with Crippen LogP contribution in [0.5, 0.6) is 17.2 Å². The SMILES string of the molecule is COc1cccc2c1-c1ccccc1C2(Oc1ccc(B2OC(C)(C)C(C)(C)O2)cc1)Oc1ccc(B2OC(C)(C)C(C)(C)O2)cc1. The number of fused-ring (bicyclic) bond motifs is 3. The van der Waals surface area contributed by atoms with E-state index in [0.29, 0.717) is 11.5 Å². The van der Waals surface area contributed by atoms with Crippen LogP contribution in [0.15, 0.2) is 91.0 Å². The highest BCUT2D eigenvalue weighted by atomic mass is 16.7. The first kappa shape index (κ1) is 31.8. The van der Waals surface area contributed by atoms with Crippen molar-refractivity contribution in [2.24, 2.45) is 0 Å². The molecule has 7 rings (SSSR count). The molecule has 0 saturated carbocycles. The Morgan fingerprint density at radius 2 is 0.915 bits per heavy atom. The fourth-order valence-electron chi connectivity index (χ4n) is 6.30. The van der Waals surface area contributed by atoms with Crippen molar-refractivity contribution >= 4 is 25.2 Å². The van der Waals surface area contributed by atoms with Gasteiger partial charge in [-0.15, -0.1) is 0 Å². The Labute approximate surface area is 278 Å². The van der Waals surface area contributed by atoms with E-state index in [-0.39, 0.29) is 0 Å². The van der Waals surface area contributed by atoms with E-state index in [9.17, 15) is 0 Å². The van der Waals surface area contributed by atoms with E-state index in [1.165, 1.54) is 0 Å². The first-order valence-corrected chi connectivity index (χ1v) is 16.2. The van der Waals surface area contributed by atoms with Crippen molar-refractivity contribution in [1.29, 1.82) is 0 Å². The van der Waals surface area contributed by atoms with E-state index in [4.69, 9.17) is 32.8 Å². The van der Waals surface area contributed by atoms with Gasteiger partial charge in [0.1, 0.15) is 17.2 Å². The standard InChI is InChI=1S/C38H42B2O7/c1-34(2)35(3,4)45-39(44-34)25-17-21-27(22-18-25)42-38(30-14-11-10-13-29(30)33-31(38)15-12-16-32(33)41-9)43-28-23-19-26(20-24-28)40-46-36(5,6)37(7,8)47-40/h10-24H,1-9H3. The summed E-state index contributed by atoms with van der Waals surface area (Å²) in [6, 6.07) is 29.8. The van der Waals surface area contributed by atoms with Crippen LogP contribution < -0.4 is 25.1 Å². The van der Waals surface area contributed by atoms with Gasteiger partial charge in [-0.25, -0.2) is 0 Å². The van der Waals surface area contributed by atoms with E-state index in [1.807, 2.05) is 84.9 Å². The number of hydrogen-bond donors (Lipinski definition) is 0. The van der Waals surface area contributed by atoms with E-state index < -0.39 is 42.4 Å². The first-order valence-electron chi connectivity index (χ1n) is 16.2. The van der Waals surface area contributed by atoms with Crippen molar-refractivity contribution in [3.05, 3.63) is 102 Å². The molecule has 3 aliphatic rings. The Hall–Kier alpha value is -3.75. The Morgan fingerprint density at radius 1 is 0.489 bits per heavy atom. The predicted octanol–water partition coefficient (Wildman–Crippen LogP) is 6.63. The van der Waals surface area contributed by atoms with Crippen molar-refractivity contribution < 1.29 is 32.8 Å². The fourth-order valence-corrected chi connectivity index (χ4v) is 6.30. The van der Waals surface area contributed by atoms with Crippen LogP contribution in [0.4, 0.5) is 0 Å². The first-order chi connectivity index (χ1) is 22.2. The summed E-state index contributed by atoms with van der Waals surface area (Å²) in [5, 5.41) is 0. The zero-order valence-electron chi connectivity index (χ0n) is 28.7. The molecular formula is C38H42B2O7. The topological polar surface area (TPSA) is 64.6 Å². The van der Waals surface area contributed by atoms with Crippen molar-refractivity contribution in [2.45, 2.75) is 83.6 Å². The van der Waals surface area contributed by atoms with Crippen LogP contribution in [0.2, 0.25) is 0 Å². The van der Waals surface area contributed by atoms with Gasteiger partial charge >= 0.3 is 20.0 Å². The summed E-state index contributed by atoms with van der Waals surface area (Å²) in [4.78, 5) is 0. The maximum absolute atomic E-state index is 6.99. The fraction of sp³-hybridized carbons (Fsp3) is 0.368. The maximum atomic E-state index is 6.99. The van der Waals surface area contributed by atoms with Crippen LogP contribution in [-0.4, -0.2) is 43.8 Å². The van der Waals surface area contributed by atoms with E-state index >= 15 is 0 Å². The Balaban J connectivity index is 1.26. The number of benzene rings is 4. The molecule has 2 saturated heterocycles. The molecule has 2 aliphatic heterocycles. The van der Waals surface area contributed by atoms with Crippen LogP contribution in [-0.2, 0) is 24.4 Å². The van der Waals surface area contributed by atoms with Gasteiger partial charge in [-0.2, -0.15) is 0 Å². The van der Waals surface area contributed by atoms with Gasteiger partial charge in [-0.3, -0.25) is 0 Å². The highest BCUT2D eigenvalue weighted by molar-refractivity contribution is 6.62. The second-order valence-corrected chi connectivity index (χ2v) is 14.6. The average Bonchev–Trinajstić information content (AvgIpc) is 3.52. The molecular weight excluding hydrogens is 590 g/mol. The molecule has 0 unspecified atom stereocenters. The molecule has 0 radical (unpaired) electrons. The number of methoxy groups -OCH3 is 1. The summed E-state index contributed by atoms with van der Waals surface area (Å²) in [6.07, 6.45) is 0. The second-order valence-electron chi connectivity index (χ2n) is 14.6. The monoisotopic (exact) mass is 632 g/mol. The third kappa shape index (κ3) is 5.15. The zero-order valence-corrected chi connectivity index (χ0v) is 28.7. The molecule has 47 heavy (non-hydrogen) atoms. The lowest BCUT2D eigenvalue weighted by atomic mass is 9.79. The zero-order chi connectivity index (χ0) is 33.4. The predicted molar refractivity (Wildman–Crippen MR) is 185 cm³/mol. The highest BCUT2D eigenvalue weighted by Gasteiger charge is 2.53. The summed E-state index contributed by atoms with van der Waals surface area (Å²) in [6.45, 7) is 16.4. The van der Waals surface area contributed by atoms with Crippen LogP contribution in [0.3, 0.4) is 0 Å². The molecule has 2 fully saturated rings. The number of rotatable bonds is 7. The number of hydrogen-bond acceptors (Lipinski definition) is 7. The second kappa shape index (κ2) is 10.9. The van der Waals surface area contributed by atoms with Gasteiger partial charge in [-0.1, -0.05) is 54.6 Å². The van der Waals surface area contributed by atoms with Gasteiger partial charge in [0.25, 0.3) is 0 Å². The minimum absolute atomic E-state index is 0.432. The Kier molecular flexibility index (Phi) is 7.37. The molecule has 0 amide bonds. The van der Waals surface area contributed by atoms with Crippen molar-refractivity contribution in [2.75, 3.05) is 7.11 Å². The summed E-state index contributed by atoms with van der Waals surface area (Å²) in [7, 11) is 0.737. The van der Waals surface area contributed by atoms with Gasteiger partial charge in [0.15, 0.2) is 0 Å². The lowest BCUT2D eigenvalue weighted by Gasteiger charge is -2.33. The van der Waals surface area contributed by atoms with E-state index in [2.05, 4.69) is 61.5 Å². The van der Waals surface area contributed by atoms with Gasteiger partial charge in [-0.05, 0) is 108 Å². The van der Waals surface area contributed by atoms with Crippen molar-refractivity contribution in [3.8, 4) is 28.4 Å². The van der Waals surface area contributed by atoms with Crippen LogP contribution in [0.25, 0.3) is 11.1 Å². The minimum Gasteiger partial charge on any atom is -0.496 e. The largest absolute Gasteiger partial charge is 0.496 e.